The zero-order valence-electron chi connectivity index (χ0n) is 12.0. The third-order valence-corrected chi connectivity index (χ3v) is 4.04. The molecular weight excluding hydrogens is 254 g/mol. The van der Waals surface area contributed by atoms with Crippen molar-refractivity contribution in [1.82, 2.24) is 4.90 Å². The first-order chi connectivity index (χ1) is 9.72. The van der Waals surface area contributed by atoms with Crippen molar-refractivity contribution in [3.05, 3.63) is 18.2 Å². The van der Waals surface area contributed by atoms with Gasteiger partial charge in [0.1, 0.15) is 11.9 Å². The van der Waals surface area contributed by atoms with Crippen LogP contribution in [-0.2, 0) is 4.74 Å². The van der Waals surface area contributed by atoms with Gasteiger partial charge in [0.25, 0.3) is 0 Å². The van der Waals surface area contributed by atoms with Gasteiger partial charge in [-0.25, -0.2) is 0 Å². The van der Waals surface area contributed by atoms with Gasteiger partial charge in [-0.1, -0.05) is 0 Å². The molecule has 0 aromatic heterocycles. The number of hydrogen-bond donors (Lipinski definition) is 1. The second-order valence-corrected chi connectivity index (χ2v) is 5.62. The molecule has 110 valence electrons. The molecule has 2 aliphatic heterocycles. The van der Waals surface area contributed by atoms with Crippen LogP contribution >= 0.6 is 0 Å². The maximum Gasteiger partial charge on any atom is 0.142 e. The van der Waals surface area contributed by atoms with Gasteiger partial charge in [-0.15, -0.1) is 0 Å². The van der Waals surface area contributed by atoms with E-state index in [4.69, 9.17) is 15.2 Å². The zero-order valence-corrected chi connectivity index (χ0v) is 12.0. The van der Waals surface area contributed by atoms with E-state index in [2.05, 4.69) is 22.9 Å². The highest BCUT2D eigenvalue weighted by Gasteiger charge is 2.19. The van der Waals surface area contributed by atoms with Crippen LogP contribution in [0.1, 0.15) is 6.42 Å². The smallest absolute Gasteiger partial charge is 0.142 e. The topological polar surface area (TPSA) is 51.0 Å². The number of benzene rings is 1. The summed E-state index contributed by atoms with van der Waals surface area (Å²) in [5, 5.41) is 0. The minimum atomic E-state index is 0.145. The van der Waals surface area contributed by atoms with Gasteiger partial charge in [0.15, 0.2) is 0 Å². The molecule has 1 aromatic rings. The Hall–Kier alpha value is -1.46. The highest BCUT2D eigenvalue weighted by molar-refractivity contribution is 5.63. The van der Waals surface area contributed by atoms with Crippen LogP contribution in [0.15, 0.2) is 18.2 Å². The summed E-state index contributed by atoms with van der Waals surface area (Å²) in [7, 11) is 2.16. The van der Waals surface area contributed by atoms with E-state index >= 15 is 0 Å². The first-order valence-corrected chi connectivity index (χ1v) is 7.30. The monoisotopic (exact) mass is 277 g/mol. The van der Waals surface area contributed by atoms with Gasteiger partial charge in [-0.2, -0.15) is 0 Å². The van der Waals surface area contributed by atoms with Gasteiger partial charge in [-0.05, 0) is 25.2 Å². The Morgan fingerprint density at radius 1 is 1.25 bits per heavy atom. The van der Waals surface area contributed by atoms with E-state index in [1.54, 1.807) is 0 Å². The number of anilines is 2. The lowest BCUT2D eigenvalue weighted by Gasteiger charge is -2.34. The maximum absolute atomic E-state index is 6.13. The fourth-order valence-corrected chi connectivity index (χ4v) is 2.69. The maximum atomic E-state index is 6.13. The molecule has 2 heterocycles. The van der Waals surface area contributed by atoms with Crippen LogP contribution in [0.25, 0.3) is 0 Å². The van der Waals surface area contributed by atoms with Crippen LogP contribution in [0, 0.1) is 0 Å². The summed E-state index contributed by atoms with van der Waals surface area (Å²) < 4.78 is 11.2. The van der Waals surface area contributed by atoms with Crippen molar-refractivity contribution in [2.45, 2.75) is 12.5 Å². The fraction of sp³-hybridized carbons (Fsp3) is 0.600. The average molecular weight is 277 g/mol. The molecule has 20 heavy (non-hydrogen) atoms. The highest BCUT2D eigenvalue weighted by Crippen LogP contribution is 2.29. The van der Waals surface area contributed by atoms with Crippen LogP contribution in [0.3, 0.4) is 0 Å². The number of piperazine rings is 1. The van der Waals surface area contributed by atoms with Crippen molar-refractivity contribution in [2.24, 2.45) is 0 Å². The van der Waals surface area contributed by atoms with Gasteiger partial charge in [0.2, 0.25) is 0 Å². The molecule has 0 radical (unpaired) electrons. The minimum absolute atomic E-state index is 0.145. The van der Waals surface area contributed by atoms with Crippen LogP contribution in [0.2, 0.25) is 0 Å². The van der Waals surface area contributed by atoms with Crippen LogP contribution in [-0.4, -0.2) is 57.4 Å². The highest BCUT2D eigenvalue weighted by atomic mass is 16.5. The second-order valence-electron chi connectivity index (χ2n) is 5.62. The quantitative estimate of drug-likeness (QED) is 0.841. The van der Waals surface area contributed by atoms with Crippen LogP contribution < -0.4 is 15.4 Å². The fourth-order valence-electron chi connectivity index (χ4n) is 2.69. The normalized spacial score (nSPS) is 24.1. The number of hydrogen-bond acceptors (Lipinski definition) is 5. The zero-order chi connectivity index (χ0) is 13.9. The SMILES string of the molecule is CN1CCN(c2ccc(OC3CCOC3)c(N)c2)CC1. The van der Waals surface area contributed by atoms with Crippen LogP contribution in [0.5, 0.6) is 5.75 Å². The van der Waals surface area contributed by atoms with E-state index in [9.17, 15) is 0 Å². The predicted molar refractivity (Wildman–Crippen MR) is 80.4 cm³/mol. The Morgan fingerprint density at radius 2 is 2.05 bits per heavy atom. The third-order valence-electron chi connectivity index (χ3n) is 4.04. The van der Waals surface area contributed by atoms with Gasteiger partial charge in [-0.3, -0.25) is 0 Å². The van der Waals surface area contributed by atoms with Crippen molar-refractivity contribution in [3.8, 4) is 5.75 Å². The number of nitrogens with two attached hydrogens (primary N) is 1. The molecule has 1 atom stereocenters. The summed E-state index contributed by atoms with van der Waals surface area (Å²) in [6.07, 6.45) is 1.09. The first-order valence-electron chi connectivity index (χ1n) is 7.30. The lowest BCUT2D eigenvalue weighted by molar-refractivity contribution is 0.142. The Bertz CT molecular complexity index is 452. The molecule has 0 saturated carbocycles. The summed E-state index contributed by atoms with van der Waals surface area (Å²) in [6, 6.07) is 6.12. The molecular formula is C15H23N3O2. The van der Waals surface area contributed by atoms with E-state index in [-0.39, 0.29) is 6.10 Å². The standard InChI is InChI=1S/C15H23N3O2/c1-17-5-7-18(8-6-17)12-2-3-15(14(16)10-12)20-13-4-9-19-11-13/h2-3,10,13H,4-9,11,16H2,1H3. The van der Waals surface area contributed by atoms with E-state index < -0.39 is 0 Å². The molecule has 5 nitrogen and oxygen atoms in total. The Kier molecular flexibility index (Phi) is 3.98. The average Bonchev–Trinajstić information content (AvgIpc) is 2.95. The number of nitrogen functional groups attached to an aromatic ring is 1. The van der Waals surface area contributed by atoms with Gasteiger partial charge < -0.3 is 25.0 Å². The lowest BCUT2D eigenvalue weighted by atomic mass is 10.2. The number of ether oxygens (including phenoxy) is 2. The summed E-state index contributed by atoms with van der Waals surface area (Å²) in [6.45, 7) is 5.73. The third kappa shape index (κ3) is 2.99. The minimum Gasteiger partial charge on any atom is -0.486 e. The molecule has 0 amide bonds. The molecule has 0 bridgehead atoms. The molecule has 3 rings (SSSR count). The number of nitrogens with zero attached hydrogens (tertiary/aromatic N) is 2. The van der Waals surface area contributed by atoms with Gasteiger partial charge in [0.05, 0.1) is 18.9 Å². The molecule has 5 heteroatoms. The largest absolute Gasteiger partial charge is 0.486 e. The Balaban J connectivity index is 1.67. The Morgan fingerprint density at radius 3 is 2.70 bits per heavy atom. The van der Waals surface area contributed by atoms with Crippen molar-refractivity contribution >= 4 is 11.4 Å². The molecule has 1 unspecified atom stereocenters. The summed E-state index contributed by atoms with van der Waals surface area (Å²) in [5.74, 6) is 0.776. The van der Waals surface area contributed by atoms with Gasteiger partial charge >= 0.3 is 0 Å². The Labute approximate surface area is 120 Å². The molecule has 2 N–H and O–H groups in total. The second kappa shape index (κ2) is 5.89. The van der Waals surface area contributed by atoms with Crippen molar-refractivity contribution in [2.75, 3.05) is 57.1 Å². The number of likely N-dealkylation sites (N-methyl/N-ethyl adjacent to an activating group) is 1. The summed E-state index contributed by atoms with van der Waals surface area (Å²) in [5.41, 5.74) is 8.03. The molecule has 0 aliphatic carbocycles. The molecule has 2 saturated heterocycles. The molecule has 1 aromatic carbocycles. The lowest BCUT2D eigenvalue weighted by Crippen LogP contribution is -2.44. The van der Waals surface area contributed by atoms with E-state index in [1.165, 1.54) is 5.69 Å². The van der Waals surface area contributed by atoms with E-state index in [1.807, 2.05) is 12.1 Å². The van der Waals surface area contributed by atoms with Crippen molar-refractivity contribution < 1.29 is 9.47 Å². The molecule has 0 spiro atoms. The van der Waals surface area contributed by atoms with E-state index in [0.29, 0.717) is 12.3 Å². The molecule has 2 fully saturated rings. The predicted octanol–water partition coefficient (Wildman–Crippen LogP) is 1.19. The van der Waals surface area contributed by atoms with Crippen molar-refractivity contribution in [1.29, 1.82) is 0 Å². The first kappa shape index (κ1) is 13.5. The van der Waals surface area contributed by atoms with Crippen molar-refractivity contribution in [3.63, 3.8) is 0 Å². The van der Waals surface area contributed by atoms with Crippen LogP contribution in [0.4, 0.5) is 11.4 Å². The van der Waals surface area contributed by atoms with E-state index in [0.717, 1.165) is 45.0 Å². The summed E-state index contributed by atoms with van der Waals surface area (Å²) in [4.78, 5) is 4.72. The van der Waals surface area contributed by atoms with Gasteiger partial charge in [0, 0.05) is 38.3 Å². The molecule has 2 aliphatic rings. The summed E-state index contributed by atoms with van der Waals surface area (Å²) >= 11 is 0. The number of rotatable bonds is 3.